The Morgan fingerprint density at radius 3 is 2.33 bits per heavy atom. The van der Waals surface area contributed by atoms with Crippen molar-refractivity contribution in [2.75, 3.05) is 6.26 Å². The van der Waals surface area contributed by atoms with Crippen LogP contribution in [-0.4, -0.2) is 14.7 Å². The van der Waals surface area contributed by atoms with Crippen LogP contribution in [0.5, 0.6) is 0 Å². The molecule has 0 spiro atoms. The lowest BCUT2D eigenvalue weighted by molar-refractivity contribution is 0.601. The van der Waals surface area contributed by atoms with Gasteiger partial charge in [0.2, 0.25) is 0 Å². The van der Waals surface area contributed by atoms with Gasteiger partial charge in [-0.05, 0) is 47.9 Å². The van der Waals surface area contributed by atoms with Gasteiger partial charge in [-0.2, -0.15) is 0 Å². The highest BCUT2D eigenvalue weighted by molar-refractivity contribution is 9.10. The third-order valence-electron chi connectivity index (χ3n) is 3.11. The Labute approximate surface area is 132 Å². The van der Waals surface area contributed by atoms with Crippen molar-refractivity contribution in [2.45, 2.75) is 17.4 Å². The minimum absolute atomic E-state index is 0.256. The molecule has 0 fully saturated rings. The Morgan fingerprint density at radius 2 is 1.81 bits per heavy atom. The van der Waals surface area contributed by atoms with Gasteiger partial charge in [0, 0.05) is 16.8 Å². The predicted octanol–water partition coefficient (Wildman–Crippen LogP) is 3.23. The Kier molecular flexibility index (Phi) is 4.81. The van der Waals surface area contributed by atoms with Crippen molar-refractivity contribution in [1.82, 2.24) is 0 Å². The van der Waals surface area contributed by atoms with Gasteiger partial charge in [-0.15, -0.1) is 0 Å². The van der Waals surface area contributed by atoms with Crippen LogP contribution in [0.15, 0.2) is 51.8 Å². The molecule has 0 saturated carbocycles. The zero-order chi connectivity index (χ0) is 15.6. The molecule has 0 aromatic heterocycles. The molecule has 3 nitrogen and oxygen atoms in total. The van der Waals surface area contributed by atoms with Crippen LogP contribution in [0.3, 0.4) is 0 Å². The van der Waals surface area contributed by atoms with E-state index in [1.807, 2.05) is 6.07 Å². The summed E-state index contributed by atoms with van der Waals surface area (Å²) < 4.78 is 36.8. The molecule has 2 aromatic rings. The molecule has 2 aromatic carbocycles. The summed E-state index contributed by atoms with van der Waals surface area (Å²) in [4.78, 5) is 0.256. The highest BCUT2D eigenvalue weighted by Crippen LogP contribution is 2.21. The smallest absolute Gasteiger partial charge is 0.175 e. The Hall–Kier alpha value is -1.24. The normalized spacial score (nSPS) is 13.1. The minimum atomic E-state index is -3.21. The number of hydrogen-bond acceptors (Lipinski definition) is 3. The average molecular weight is 372 g/mol. The largest absolute Gasteiger partial charge is 0.324 e. The first-order valence-electron chi connectivity index (χ1n) is 6.26. The van der Waals surface area contributed by atoms with E-state index in [2.05, 4.69) is 15.9 Å². The first-order chi connectivity index (χ1) is 9.75. The van der Waals surface area contributed by atoms with Crippen molar-refractivity contribution in [2.24, 2.45) is 5.73 Å². The zero-order valence-electron chi connectivity index (χ0n) is 11.4. The van der Waals surface area contributed by atoms with E-state index in [-0.39, 0.29) is 16.8 Å². The third kappa shape index (κ3) is 4.36. The summed E-state index contributed by atoms with van der Waals surface area (Å²) in [6, 6.07) is 10.8. The molecule has 0 radical (unpaired) electrons. The van der Waals surface area contributed by atoms with Crippen LogP contribution in [-0.2, 0) is 16.3 Å². The van der Waals surface area contributed by atoms with Gasteiger partial charge in [0.15, 0.2) is 9.84 Å². The van der Waals surface area contributed by atoms with Gasteiger partial charge in [-0.3, -0.25) is 0 Å². The first-order valence-corrected chi connectivity index (χ1v) is 8.95. The van der Waals surface area contributed by atoms with E-state index >= 15 is 0 Å². The second kappa shape index (κ2) is 6.25. The van der Waals surface area contributed by atoms with Crippen LogP contribution in [0.25, 0.3) is 0 Å². The van der Waals surface area contributed by atoms with E-state index in [4.69, 9.17) is 5.73 Å². The van der Waals surface area contributed by atoms with E-state index in [1.54, 1.807) is 12.1 Å². The molecule has 0 heterocycles. The monoisotopic (exact) mass is 371 g/mol. The zero-order valence-corrected chi connectivity index (χ0v) is 13.8. The average Bonchev–Trinajstić information content (AvgIpc) is 2.36. The molecular weight excluding hydrogens is 357 g/mol. The second-order valence-electron chi connectivity index (χ2n) is 4.93. The van der Waals surface area contributed by atoms with E-state index in [0.29, 0.717) is 10.9 Å². The fourth-order valence-electron chi connectivity index (χ4n) is 2.06. The van der Waals surface area contributed by atoms with Gasteiger partial charge in [0.25, 0.3) is 0 Å². The predicted molar refractivity (Wildman–Crippen MR) is 84.3 cm³/mol. The van der Waals surface area contributed by atoms with Gasteiger partial charge in [0.1, 0.15) is 5.82 Å². The molecule has 2 rings (SSSR count). The number of rotatable bonds is 4. The molecule has 1 atom stereocenters. The molecule has 0 bridgehead atoms. The number of hydrogen-bond donors (Lipinski definition) is 1. The standard InChI is InChI=1S/C15H15BrFNO2S/c1-21(19,20)14-4-2-11(3-5-14)15(18)8-10-6-12(16)9-13(17)7-10/h2-7,9,15H,8,18H2,1H3. The molecule has 0 aliphatic carbocycles. The Balaban J connectivity index is 2.18. The highest BCUT2D eigenvalue weighted by Gasteiger charge is 2.11. The molecular formula is C15H15BrFNO2S. The fraction of sp³-hybridized carbons (Fsp3) is 0.200. The second-order valence-corrected chi connectivity index (χ2v) is 7.86. The van der Waals surface area contributed by atoms with Crippen LogP contribution >= 0.6 is 15.9 Å². The van der Waals surface area contributed by atoms with Gasteiger partial charge in [-0.1, -0.05) is 28.1 Å². The van der Waals surface area contributed by atoms with E-state index < -0.39 is 9.84 Å². The van der Waals surface area contributed by atoms with Gasteiger partial charge >= 0.3 is 0 Å². The van der Waals surface area contributed by atoms with E-state index in [1.165, 1.54) is 24.3 Å². The summed E-state index contributed by atoms with van der Waals surface area (Å²) in [5.41, 5.74) is 7.69. The van der Waals surface area contributed by atoms with Gasteiger partial charge in [0.05, 0.1) is 4.90 Å². The molecule has 0 aliphatic rings. The first kappa shape index (κ1) is 16.1. The summed E-state index contributed by atoms with van der Waals surface area (Å²) >= 11 is 3.24. The van der Waals surface area contributed by atoms with Gasteiger partial charge < -0.3 is 5.73 Å². The van der Waals surface area contributed by atoms with Crippen molar-refractivity contribution in [3.8, 4) is 0 Å². The summed E-state index contributed by atoms with van der Waals surface area (Å²) in [5, 5.41) is 0. The van der Waals surface area contributed by atoms with Crippen LogP contribution in [0.4, 0.5) is 4.39 Å². The lowest BCUT2D eigenvalue weighted by Crippen LogP contribution is -2.13. The highest BCUT2D eigenvalue weighted by atomic mass is 79.9. The lowest BCUT2D eigenvalue weighted by Gasteiger charge is -2.13. The summed E-state index contributed by atoms with van der Waals surface area (Å²) in [5.74, 6) is -0.320. The molecule has 0 saturated heterocycles. The Morgan fingerprint density at radius 1 is 1.19 bits per heavy atom. The van der Waals surface area contributed by atoms with Crippen LogP contribution in [0, 0.1) is 5.82 Å². The van der Waals surface area contributed by atoms with Crippen LogP contribution in [0.1, 0.15) is 17.2 Å². The van der Waals surface area contributed by atoms with Crippen molar-refractivity contribution < 1.29 is 12.8 Å². The van der Waals surface area contributed by atoms with Crippen molar-refractivity contribution >= 4 is 25.8 Å². The molecule has 1 unspecified atom stereocenters. The topological polar surface area (TPSA) is 60.2 Å². The molecule has 0 amide bonds. The van der Waals surface area contributed by atoms with Crippen LogP contribution in [0.2, 0.25) is 0 Å². The number of halogens is 2. The van der Waals surface area contributed by atoms with E-state index in [9.17, 15) is 12.8 Å². The molecule has 112 valence electrons. The van der Waals surface area contributed by atoms with Crippen molar-refractivity contribution in [3.05, 3.63) is 63.9 Å². The number of sulfone groups is 1. The summed E-state index contributed by atoms with van der Waals surface area (Å²) in [6.07, 6.45) is 1.63. The molecule has 6 heteroatoms. The molecule has 21 heavy (non-hydrogen) atoms. The van der Waals surface area contributed by atoms with Crippen molar-refractivity contribution in [1.29, 1.82) is 0 Å². The fourth-order valence-corrected chi connectivity index (χ4v) is 3.21. The van der Waals surface area contributed by atoms with Gasteiger partial charge in [-0.25, -0.2) is 12.8 Å². The minimum Gasteiger partial charge on any atom is -0.324 e. The summed E-state index contributed by atoms with van der Waals surface area (Å²) in [7, 11) is -3.21. The maximum atomic E-state index is 13.3. The maximum absolute atomic E-state index is 13.3. The Bertz CT molecular complexity index is 725. The summed E-state index contributed by atoms with van der Waals surface area (Å²) in [6.45, 7) is 0. The van der Waals surface area contributed by atoms with E-state index in [0.717, 1.165) is 17.4 Å². The molecule has 2 N–H and O–H groups in total. The number of benzene rings is 2. The number of nitrogens with two attached hydrogens (primary N) is 1. The quantitative estimate of drug-likeness (QED) is 0.897. The molecule has 0 aliphatic heterocycles. The maximum Gasteiger partial charge on any atom is 0.175 e. The lowest BCUT2D eigenvalue weighted by atomic mass is 10.00. The van der Waals surface area contributed by atoms with Crippen molar-refractivity contribution in [3.63, 3.8) is 0 Å². The third-order valence-corrected chi connectivity index (χ3v) is 4.70. The SMILES string of the molecule is CS(=O)(=O)c1ccc(C(N)Cc2cc(F)cc(Br)c2)cc1. The van der Waals surface area contributed by atoms with Crippen LogP contribution < -0.4 is 5.73 Å².